The maximum absolute atomic E-state index is 5.18. The smallest absolute Gasteiger partial charge is 0.146 e. The van der Waals surface area contributed by atoms with Crippen LogP contribution >= 0.6 is 0 Å². The van der Waals surface area contributed by atoms with Gasteiger partial charge in [0.1, 0.15) is 5.65 Å². The summed E-state index contributed by atoms with van der Waals surface area (Å²) in [7, 11) is 0. The molecule has 49 heavy (non-hydrogen) atoms. The number of aromatic nitrogens is 2. The monoisotopic (exact) mass is 620 g/mol. The van der Waals surface area contributed by atoms with Crippen LogP contribution in [0, 0.1) is 0 Å². The number of para-hydroxylation sites is 2. The Balaban J connectivity index is 1.13. The van der Waals surface area contributed by atoms with Crippen LogP contribution in [-0.4, -0.2) is 9.38 Å². The number of fused-ring (bicyclic) bond motifs is 15. The van der Waals surface area contributed by atoms with Gasteiger partial charge in [-0.2, -0.15) is 0 Å². The van der Waals surface area contributed by atoms with Crippen molar-refractivity contribution in [1.82, 2.24) is 9.38 Å². The van der Waals surface area contributed by atoms with E-state index < -0.39 is 0 Å². The fourth-order valence-corrected chi connectivity index (χ4v) is 8.19. The van der Waals surface area contributed by atoms with Gasteiger partial charge in [-0.1, -0.05) is 127 Å². The lowest BCUT2D eigenvalue weighted by Crippen LogP contribution is -1.93. The SMILES string of the molecule is c1cc(-c2ccc3c4ccccc4c4ccccc4c3c2)cc(-c2ccc3c4cc5ccccc5cc4c4nc5ccccc5n4c3c2)c1. The van der Waals surface area contributed by atoms with Crippen molar-refractivity contribution in [2.75, 3.05) is 0 Å². The fraction of sp³-hybridized carbons (Fsp3) is 0. The summed E-state index contributed by atoms with van der Waals surface area (Å²) in [5, 5.41) is 13.9. The van der Waals surface area contributed by atoms with E-state index in [9.17, 15) is 0 Å². The number of hydrogen-bond donors (Lipinski definition) is 0. The zero-order valence-electron chi connectivity index (χ0n) is 26.6. The van der Waals surface area contributed by atoms with Crippen LogP contribution in [-0.2, 0) is 0 Å². The number of rotatable bonds is 2. The van der Waals surface area contributed by atoms with Crippen molar-refractivity contribution in [3.8, 4) is 22.3 Å². The van der Waals surface area contributed by atoms with Crippen molar-refractivity contribution >= 4 is 81.4 Å². The molecule has 11 aromatic rings. The zero-order chi connectivity index (χ0) is 32.1. The fourth-order valence-electron chi connectivity index (χ4n) is 8.19. The van der Waals surface area contributed by atoms with Crippen LogP contribution in [0.1, 0.15) is 0 Å². The highest BCUT2D eigenvalue weighted by Gasteiger charge is 2.16. The highest BCUT2D eigenvalue weighted by atomic mass is 15.0. The summed E-state index contributed by atoms with van der Waals surface area (Å²) in [5.74, 6) is 0. The van der Waals surface area contributed by atoms with Gasteiger partial charge in [-0.25, -0.2) is 4.98 Å². The molecule has 0 N–H and O–H groups in total. The Bertz CT molecular complexity index is 3130. The summed E-state index contributed by atoms with van der Waals surface area (Å²) >= 11 is 0. The molecule has 0 amide bonds. The van der Waals surface area contributed by atoms with Crippen molar-refractivity contribution in [3.63, 3.8) is 0 Å². The summed E-state index contributed by atoms with van der Waals surface area (Å²) in [6.07, 6.45) is 0. The molecule has 0 aliphatic heterocycles. The Labute approximate surface area is 282 Å². The second-order valence-corrected chi connectivity index (χ2v) is 13.2. The van der Waals surface area contributed by atoms with Crippen LogP contribution in [0.15, 0.2) is 170 Å². The van der Waals surface area contributed by atoms with E-state index in [-0.39, 0.29) is 0 Å². The summed E-state index contributed by atoms with van der Waals surface area (Å²) in [6.45, 7) is 0. The van der Waals surface area contributed by atoms with E-state index >= 15 is 0 Å². The van der Waals surface area contributed by atoms with Gasteiger partial charge in [0.05, 0.1) is 16.6 Å². The number of benzene rings is 9. The van der Waals surface area contributed by atoms with Gasteiger partial charge in [0.2, 0.25) is 0 Å². The second-order valence-electron chi connectivity index (χ2n) is 13.2. The second kappa shape index (κ2) is 10.00. The molecule has 2 heterocycles. The van der Waals surface area contributed by atoms with E-state index in [1.165, 1.54) is 87.0 Å². The van der Waals surface area contributed by atoms with Crippen molar-refractivity contribution in [1.29, 1.82) is 0 Å². The van der Waals surface area contributed by atoms with Crippen LogP contribution in [0.3, 0.4) is 0 Å². The minimum Gasteiger partial charge on any atom is -0.292 e. The van der Waals surface area contributed by atoms with Gasteiger partial charge >= 0.3 is 0 Å². The maximum atomic E-state index is 5.18. The quantitative estimate of drug-likeness (QED) is 0.139. The predicted octanol–water partition coefficient (Wildman–Crippen LogP) is 12.7. The number of imidazole rings is 1. The lowest BCUT2D eigenvalue weighted by atomic mass is 9.91. The number of hydrogen-bond acceptors (Lipinski definition) is 1. The summed E-state index contributed by atoms with van der Waals surface area (Å²) < 4.78 is 2.36. The van der Waals surface area contributed by atoms with Crippen molar-refractivity contribution in [2.45, 2.75) is 0 Å². The molecular formula is C47H28N2. The van der Waals surface area contributed by atoms with E-state index in [4.69, 9.17) is 4.98 Å². The van der Waals surface area contributed by atoms with Gasteiger partial charge in [0.25, 0.3) is 0 Å². The average molecular weight is 621 g/mol. The van der Waals surface area contributed by atoms with E-state index in [1.807, 2.05) is 0 Å². The molecule has 0 saturated carbocycles. The van der Waals surface area contributed by atoms with Crippen LogP contribution < -0.4 is 0 Å². The lowest BCUT2D eigenvalue weighted by molar-refractivity contribution is 1.32. The maximum Gasteiger partial charge on any atom is 0.146 e. The normalized spacial score (nSPS) is 12.1. The average Bonchev–Trinajstić information content (AvgIpc) is 3.57. The summed E-state index contributed by atoms with van der Waals surface area (Å²) in [4.78, 5) is 5.18. The Morgan fingerprint density at radius 1 is 0.306 bits per heavy atom. The first-order valence-electron chi connectivity index (χ1n) is 16.9. The molecule has 226 valence electrons. The zero-order valence-corrected chi connectivity index (χ0v) is 26.6. The largest absolute Gasteiger partial charge is 0.292 e. The first-order chi connectivity index (χ1) is 24.3. The Hall–Kier alpha value is -6.51. The van der Waals surface area contributed by atoms with Crippen LogP contribution in [0.2, 0.25) is 0 Å². The van der Waals surface area contributed by atoms with Crippen molar-refractivity contribution in [2.24, 2.45) is 0 Å². The first kappa shape index (κ1) is 26.5. The lowest BCUT2D eigenvalue weighted by Gasteiger charge is -2.14. The summed E-state index contributed by atoms with van der Waals surface area (Å²) in [5.41, 5.74) is 9.10. The van der Waals surface area contributed by atoms with E-state index in [2.05, 4.69) is 174 Å². The molecule has 0 fully saturated rings. The van der Waals surface area contributed by atoms with Crippen LogP contribution in [0.25, 0.3) is 104 Å². The topological polar surface area (TPSA) is 17.3 Å². The van der Waals surface area contributed by atoms with Gasteiger partial charge in [0, 0.05) is 10.8 Å². The predicted molar refractivity (Wildman–Crippen MR) is 209 cm³/mol. The van der Waals surface area contributed by atoms with Gasteiger partial charge in [-0.15, -0.1) is 0 Å². The van der Waals surface area contributed by atoms with E-state index in [1.54, 1.807) is 0 Å². The highest BCUT2D eigenvalue weighted by Crippen LogP contribution is 2.39. The molecule has 0 spiro atoms. The van der Waals surface area contributed by atoms with Gasteiger partial charge in [-0.05, 0) is 113 Å². The molecule has 0 radical (unpaired) electrons. The Kier molecular flexibility index (Phi) is 5.42. The molecule has 11 rings (SSSR count). The summed E-state index contributed by atoms with van der Waals surface area (Å²) in [6, 6.07) is 62.2. The third-order valence-electron chi connectivity index (χ3n) is 10.5. The molecule has 0 aliphatic rings. The van der Waals surface area contributed by atoms with Gasteiger partial charge < -0.3 is 0 Å². The molecule has 2 nitrogen and oxygen atoms in total. The van der Waals surface area contributed by atoms with Gasteiger partial charge in [0.15, 0.2) is 0 Å². The Morgan fingerprint density at radius 3 is 1.53 bits per heavy atom. The molecule has 2 heteroatoms. The highest BCUT2D eigenvalue weighted by molar-refractivity contribution is 6.26. The minimum atomic E-state index is 0.997. The minimum absolute atomic E-state index is 0.997. The molecule has 2 aromatic heterocycles. The third-order valence-corrected chi connectivity index (χ3v) is 10.5. The molecule has 0 bridgehead atoms. The molecule has 0 unspecified atom stereocenters. The van der Waals surface area contributed by atoms with E-state index in [0.29, 0.717) is 0 Å². The standard InChI is InChI=1S/C47H28N2/c1-2-11-32-27-43-42(25-31(32)10-1)40-23-21-34(28-46(40)49-45-19-8-7-18-44(45)48-47(43)49)30-13-9-12-29(24-30)33-20-22-39-37-16-4-3-14-35(37)36-15-5-6-17-38(36)41(39)26-33/h1-28H. The molecular weight excluding hydrogens is 593 g/mol. The van der Waals surface area contributed by atoms with Crippen molar-refractivity contribution < 1.29 is 0 Å². The molecule has 0 aliphatic carbocycles. The van der Waals surface area contributed by atoms with Crippen molar-refractivity contribution in [3.05, 3.63) is 170 Å². The molecule has 0 atom stereocenters. The first-order valence-corrected chi connectivity index (χ1v) is 16.9. The number of pyridine rings is 1. The van der Waals surface area contributed by atoms with Gasteiger partial charge in [-0.3, -0.25) is 4.40 Å². The third kappa shape index (κ3) is 3.86. The van der Waals surface area contributed by atoms with E-state index in [0.717, 1.165) is 16.7 Å². The Morgan fingerprint density at radius 2 is 0.816 bits per heavy atom. The van der Waals surface area contributed by atoms with Crippen LogP contribution in [0.5, 0.6) is 0 Å². The van der Waals surface area contributed by atoms with Crippen LogP contribution in [0.4, 0.5) is 0 Å². The molecule has 0 saturated heterocycles. The molecule has 9 aromatic carbocycles. The number of nitrogens with zero attached hydrogens (tertiary/aromatic N) is 2.